The van der Waals surface area contributed by atoms with Crippen molar-refractivity contribution in [2.45, 2.75) is 38.8 Å². The van der Waals surface area contributed by atoms with Gasteiger partial charge >= 0.3 is 0 Å². The zero-order valence-corrected chi connectivity index (χ0v) is 20.0. The number of carbonyl (C=O) groups is 1. The van der Waals surface area contributed by atoms with E-state index in [1.807, 2.05) is 26.4 Å². The molecule has 1 amide bonds. The minimum absolute atomic E-state index is 0.0847. The highest BCUT2D eigenvalue weighted by atomic mass is 32.1. The van der Waals surface area contributed by atoms with Crippen LogP contribution >= 0.6 is 11.3 Å². The summed E-state index contributed by atoms with van der Waals surface area (Å²) in [6.07, 6.45) is 5.21. The molecule has 4 aromatic rings. The van der Waals surface area contributed by atoms with E-state index in [0.29, 0.717) is 12.0 Å². The lowest BCUT2D eigenvalue weighted by Gasteiger charge is -2.17. The number of likely N-dealkylation sites (tertiary alicyclic amines) is 1. The third-order valence-corrected chi connectivity index (χ3v) is 7.68. The van der Waals surface area contributed by atoms with E-state index in [1.165, 1.54) is 33.4 Å². The number of hydrogen-bond donors (Lipinski definition) is 0. The summed E-state index contributed by atoms with van der Waals surface area (Å²) in [5.74, 6) is 0.437. The van der Waals surface area contributed by atoms with Crippen LogP contribution in [-0.4, -0.2) is 52.4 Å². The Morgan fingerprint density at radius 3 is 2.75 bits per heavy atom. The number of carbonyl (C=O) groups excluding carboxylic acids is 1. The lowest BCUT2D eigenvalue weighted by molar-refractivity contribution is 0.0831. The van der Waals surface area contributed by atoms with Gasteiger partial charge in [-0.2, -0.15) is 0 Å². The molecule has 1 saturated heterocycles. The second-order valence-electron chi connectivity index (χ2n) is 9.29. The van der Waals surface area contributed by atoms with Crippen molar-refractivity contribution in [3.63, 3.8) is 0 Å². The number of rotatable bonds is 5. The van der Waals surface area contributed by atoms with Gasteiger partial charge in [-0.1, -0.05) is 24.3 Å². The predicted octanol–water partition coefficient (Wildman–Crippen LogP) is 5.52. The molecule has 5 nitrogen and oxygen atoms in total. The van der Waals surface area contributed by atoms with Crippen LogP contribution in [0.5, 0.6) is 0 Å². The van der Waals surface area contributed by atoms with E-state index in [9.17, 15) is 4.79 Å². The lowest BCUT2D eigenvalue weighted by Crippen LogP contribution is -2.23. The Kier molecular flexibility index (Phi) is 5.51. The van der Waals surface area contributed by atoms with E-state index in [-0.39, 0.29) is 5.91 Å². The zero-order valence-electron chi connectivity index (χ0n) is 19.2. The van der Waals surface area contributed by atoms with Crippen molar-refractivity contribution >= 4 is 38.4 Å². The molecule has 0 spiro atoms. The van der Waals surface area contributed by atoms with Crippen LogP contribution in [0.4, 0.5) is 0 Å². The quantitative estimate of drug-likeness (QED) is 0.405. The van der Waals surface area contributed by atoms with Crippen LogP contribution in [0, 0.1) is 0 Å². The largest absolute Gasteiger partial charge is 0.345 e. The number of fused-ring (bicyclic) bond motifs is 2. The maximum atomic E-state index is 13.0. The molecule has 1 aliphatic rings. The average Bonchev–Trinajstić information content (AvgIpc) is 3.48. The van der Waals surface area contributed by atoms with E-state index < -0.39 is 0 Å². The van der Waals surface area contributed by atoms with E-state index >= 15 is 0 Å². The smallest absolute Gasteiger partial charge is 0.263 e. The molecule has 1 aliphatic heterocycles. The van der Waals surface area contributed by atoms with E-state index in [2.05, 4.69) is 64.8 Å². The molecule has 3 aromatic heterocycles. The molecule has 0 radical (unpaired) electrons. The first kappa shape index (κ1) is 21.2. The fourth-order valence-corrected chi connectivity index (χ4v) is 6.25. The van der Waals surface area contributed by atoms with Gasteiger partial charge in [0.1, 0.15) is 4.83 Å². The fraction of sp³-hybridized carbons (Fsp3) is 0.385. The molecule has 0 N–H and O–H groups in total. The van der Waals surface area contributed by atoms with Crippen molar-refractivity contribution in [1.29, 1.82) is 0 Å². The van der Waals surface area contributed by atoms with Crippen LogP contribution < -0.4 is 0 Å². The summed E-state index contributed by atoms with van der Waals surface area (Å²) in [7, 11) is 3.66. The first-order valence-corrected chi connectivity index (χ1v) is 12.2. The second kappa shape index (κ2) is 8.34. The van der Waals surface area contributed by atoms with E-state index in [1.54, 1.807) is 4.90 Å². The summed E-state index contributed by atoms with van der Waals surface area (Å²) in [6, 6.07) is 13.3. The van der Waals surface area contributed by atoms with Crippen molar-refractivity contribution in [3.8, 4) is 0 Å². The molecule has 5 rings (SSSR count). The molecule has 1 fully saturated rings. The van der Waals surface area contributed by atoms with Gasteiger partial charge < -0.3 is 9.47 Å². The number of para-hydroxylation sites is 1. The molecule has 166 valence electrons. The lowest BCUT2D eigenvalue weighted by atomic mass is 9.95. The number of pyridine rings is 1. The first-order valence-electron chi connectivity index (χ1n) is 11.3. The summed E-state index contributed by atoms with van der Waals surface area (Å²) >= 11 is 1.54. The Hall–Kier alpha value is -2.70. The summed E-state index contributed by atoms with van der Waals surface area (Å²) in [5.41, 5.74) is 3.89. The van der Waals surface area contributed by atoms with Gasteiger partial charge in [-0.3, -0.25) is 9.69 Å². The van der Waals surface area contributed by atoms with Crippen molar-refractivity contribution in [2.75, 3.05) is 27.2 Å². The molecule has 32 heavy (non-hydrogen) atoms. The minimum atomic E-state index is 0.0847. The maximum Gasteiger partial charge on any atom is 0.263 e. The Balaban J connectivity index is 1.45. The highest BCUT2D eigenvalue weighted by molar-refractivity contribution is 7.20. The third-order valence-electron chi connectivity index (χ3n) is 6.56. The molecule has 6 heteroatoms. The van der Waals surface area contributed by atoms with Crippen molar-refractivity contribution in [1.82, 2.24) is 19.4 Å². The Labute approximate surface area is 193 Å². The van der Waals surface area contributed by atoms with Crippen LogP contribution in [0.1, 0.15) is 53.0 Å². The number of aromatic nitrogens is 2. The molecule has 0 saturated carbocycles. The average molecular weight is 447 g/mol. The van der Waals surface area contributed by atoms with Crippen LogP contribution in [0.2, 0.25) is 0 Å². The number of benzene rings is 1. The highest BCUT2D eigenvalue weighted by Crippen LogP contribution is 2.40. The topological polar surface area (TPSA) is 41.4 Å². The molecular weight excluding hydrogens is 416 g/mol. The third kappa shape index (κ3) is 3.61. The number of hydrogen-bond acceptors (Lipinski definition) is 4. The van der Waals surface area contributed by atoms with Crippen molar-refractivity contribution in [2.24, 2.45) is 0 Å². The van der Waals surface area contributed by atoms with Gasteiger partial charge in [0.2, 0.25) is 0 Å². The van der Waals surface area contributed by atoms with Crippen LogP contribution in [0.3, 0.4) is 0 Å². The van der Waals surface area contributed by atoms with Gasteiger partial charge in [0.15, 0.2) is 0 Å². The van der Waals surface area contributed by atoms with Crippen LogP contribution in [0.15, 0.2) is 48.8 Å². The maximum absolute atomic E-state index is 13.0. The van der Waals surface area contributed by atoms with Gasteiger partial charge in [-0.05, 0) is 50.1 Å². The molecule has 1 atom stereocenters. The van der Waals surface area contributed by atoms with E-state index in [4.69, 9.17) is 0 Å². The molecule has 1 unspecified atom stereocenters. The van der Waals surface area contributed by atoms with Crippen LogP contribution in [0.25, 0.3) is 21.1 Å². The number of nitrogens with zero attached hydrogens (tertiary/aromatic N) is 4. The second-order valence-corrected chi connectivity index (χ2v) is 10.3. The van der Waals surface area contributed by atoms with Crippen molar-refractivity contribution in [3.05, 3.63) is 64.8 Å². The van der Waals surface area contributed by atoms with Gasteiger partial charge in [0.25, 0.3) is 5.91 Å². The predicted molar refractivity (Wildman–Crippen MR) is 133 cm³/mol. The molecule has 0 aliphatic carbocycles. The Morgan fingerprint density at radius 1 is 1.19 bits per heavy atom. The Bertz CT molecular complexity index is 1290. The molecule has 4 heterocycles. The first-order chi connectivity index (χ1) is 15.4. The van der Waals surface area contributed by atoms with Gasteiger partial charge in [0, 0.05) is 67.8 Å². The minimum Gasteiger partial charge on any atom is -0.345 e. The zero-order chi connectivity index (χ0) is 22.4. The highest BCUT2D eigenvalue weighted by Gasteiger charge is 2.31. The fourth-order valence-electron chi connectivity index (χ4n) is 5.00. The standard InChI is InChI=1S/C26H30N4OS/c1-17(2)30-16-19(20-8-5-6-10-22(20)30)15-29-13-11-18(14-29)23-21-9-7-12-27-25(21)32-24(23)26(31)28(3)4/h5-10,12,16-18H,11,13-15H2,1-4H3. The monoisotopic (exact) mass is 446 g/mol. The summed E-state index contributed by atoms with van der Waals surface area (Å²) in [5, 5.41) is 2.49. The normalized spacial score (nSPS) is 17.1. The molecular formula is C26H30N4OS. The SMILES string of the molecule is CC(C)n1cc(CN2CCC(c3c(C(=O)N(C)C)sc4ncccc34)C2)c2ccccc21. The van der Waals surface area contributed by atoms with Gasteiger partial charge in [-0.25, -0.2) is 4.98 Å². The van der Waals surface area contributed by atoms with E-state index in [0.717, 1.165) is 41.1 Å². The number of thiophene rings is 1. The van der Waals surface area contributed by atoms with Gasteiger partial charge in [0.05, 0.1) is 4.88 Å². The van der Waals surface area contributed by atoms with Gasteiger partial charge in [-0.15, -0.1) is 11.3 Å². The Morgan fingerprint density at radius 2 is 1.97 bits per heavy atom. The molecule has 0 bridgehead atoms. The number of amides is 1. The summed E-state index contributed by atoms with van der Waals surface area (Å²) in [6.45, 7) is 7.42. The van der Waals surface area contributed by atoms with Crippen LogP contribution in [-0.2, 0) is 6.54 Å². The molecule has 1 aromatic carbocycles. The van der Waals surface area contributed by atoms with Crippen molar-refractivity contribution < 1.29 is 4.79 Å². The summed E-state index contributed by atoms with van der Waals surface area (Å²) in [4.78, 5) is 23.6. The summed E-state index contributed by atoms with van der Waals surface area (Å²) < 4.78 is 2.38.